The number of aromatic carboxylic acids is 1. The van der Waals surface area contributed by atoms with Crippen LogP contribution in [0.1, 0.15) is 55.8 Å². The number of hydrogen-bond donors (Lipinski definition) is 1. The predicted octanol–water partition coefficient (Wildman–Crippen LogP) is 4.38. The van der Waals surface area contributed by atoms with Crippen molar-refractivity contribution in [2.75, 3.05) is 0 Å². The molecule has 0 radical (unpaired) electrons. The van der Waals surface area contributed by atoms with Crippen LogP contribution in [0, 0.1) is 0 Å². The van der Waals surface area contributed by atoms with Crippen LogP contribution in [0.25, 0.3) is 11.0 Å². The average molecular weight is 260 g/mol. The van der Waals surface area contributed by atoms with Crippen molar-refractivity contribution in [2.24, 2.45) is 0 Å². The van der Waals surface area contributed by atoms with Crippen LogP contribution in [-0.2, 0) is 11.8 Å². The van der Waals surface area contributed by atoms with Gasteiger partial charge in [-0.15, -0.1) is 0 Å². The van der Waals surface area contributed by atoms with Crippen molar-refractivity contribution in [1.82, 2.24) is 0 Å². The van der Waals surface area contributed by atoms with E-state index in [0.717, 1.165) is 23.8 Å². The lowest BCUT2D eigenvalue weighted by Crippen LogP contribution is -2.10. The Morgan fingerprint density at radius 1 is 1.32 bits per heavy atom. The summed E-state index contributed by atoms with van der Waals surface area (Å²) >= 11 is 0. The molecule has 0 spiro atoms. The fraction of sp³-hybridized carbons (Fsp3) is 0.438. The first-order valence-corrected chi connectivity index (χ1v) is 6.63. The maximum atomic E-state index is 11.3. The summed E-state index contributed by atoms with van der Waals surface area (Å²) in [7, 11) is 0. The van der Waals surface area contributed by atoms with Crippen molar-refractivity contribution in [1.29, 1.82) is 0 Å². The van der Waals surface area contributed by atoms with E-state index < -0.39 is 5.97 Å². The van der Waals surface area contributed by atoms with Crippen LogP contribution in [0.15, 0.2) is 22.6 Å². The second-order valence-corrected chi connectivity index (χ2v) is 5.93. The van der Waals surface area contributed by atoms with Gasteiger partial charge < -0.3 is 9.52 Å². The summed E-state index contributed by atoms with van der Waals surface area (Å²) in [6.07, 6.45) is 1.62. The van der Waals surface area contributed by atoms with Crippen LogP contribution in [0.4, 0.5) is 0 Å². The summed E-state index contributed by atoms with van der Waals surface area (Å²) in [4.78, 5) is 11.3. The summed E-state index contributed by atoms with van der Waals surface area (Å²) in [5, 5.41) is 10.2. The predicted molar refractivity (Wildman–Crippen MR) is 75.9 cm³/mol. The fourth-order valence-electron chi connectivity index (χ4n) is 2.29. The summed E-state index contributed by atoms with van der Waals surface area (Å²) in [5.74, 6) is -0.903. The zero-order valence-corrected chi connectivity index (χ0v) is 11.9. The minimum absolute atomic E-state index is 0.0400. The van der Waals surface area contributed by atoms with E-state index in [2.05, 4.69) is 26.8 Å². The number of rotatable bonds is 3. The van der Waals surface area contributed by atoms with Gasteiger partial charge in [-0.3, -0.25) is 0 Å². The molecular formula is C16H20O3. The van der Waals surface area contributed by atoms with Gasteiger partial charge in [0.1, 0.15) is 5.58 Å². The van der Waals surface area contributed by atoms with Gasteiger partial charge in [-0.2, -0.15) is 0 Å². The Bertz CT molecular complexity index is 615. The molecule has 2 aromatic rings. The first kappa shape index (κ1) is 13.7. The van der Waals surface area contributed by atoms with Gasteiger partial charge in [-0.1, -0.05) is 40.2 Å². The second kappa shape index (κ2) is 4.72. The molecule has 0 aliphatic rings. The standard InChI is InChI=1S/C16H20O3/c1-5-6-11-12-9-10(16(2,3)4)7-8-13(12)19-14(11)15(17)18/h7-9H,5-6H2,1-4H3,(H,17,18). The van der Waals surface area contributed by atoms with Crippen LogP contribution >= 0.6 is 0 Å². The van der Waals surface area contributed by atoms with E-state index in [0.29, 0.717) is 5.58 Å². The van der Waals surface area contributed by atoms with Crippen molar-refractivity contribution in [3.63, 3.8) is 0 Å². The summed E-state index contributed by atoms with van der Waals surface area (Å²) in [6.45, 7) is 8.47. The molecule has 1 aromatic carbocycles. The molecule has 1 heterocycles. The Balaban J connectivity index is 2.69. The van der Waals surface area contributed by atoms with Gasteiger partial charge in [0, 0.05) is 10.9 Å². The third-order valence-electron chi connectivity index (χ3n) is 3.35. The Morgan fingerprint density at radius 2 is 2.00 bits per heavy atom. The molecule has 0 atom stereocenters. The average Bonchev–Trinajstić information content (AvgIpc) is 2.67. The van der Waals surface area contributed by atoms with E-state index in [1.54, 1.807) is 0 Å². The van der Waals surface area contributed by atoms with E-state index in [4.69, 9.17) is 4.42 Å². The smallest absolute Gasteiger partial charge is 0.372 e. The Morgan fingerprint density at radius 3 is 2.53 bits per heavy atom. The van der Waals surface area contributed by atoms with Gasteiger partial charge in [-0.25, -0.2) is 4.79 Å². The highest BCUT2D eigenvalue weighted by molar-refractivity contribution is 5.95. The van der Waals surface area contributed by atoms with Crippen LogP contribution in [0.2, 0.25) is 0 Å². The molecule has 0 aliphatic carbocycles. The number of aryl methyl sites for hydroxylation is 1. The molecule has 0 amide bonds. The van der Waals surface area contributed by atoms with E-state index in [1.165, 1.54) is 5.56 Å². The minimum atomic E-state index is -0.989. The molecule has 3 nitrogen and oxygen atoms in total. The van der Waals surface area contributed by atoms with Crippen LogP contribution in [-0.4, -0.2) is 11.1 Å². The SMILES string of the molecule is CCCc1c(C(=O)O)oc2ccc(C(C)(C)C)cc12. The number of carbonyl (C=O) groups is 1. The zero-order valence-electron chi connectivity index (χ0n) is 11.9. The summed E-state index contributed by atoms with van der Waals surface area (Å²) in [6, 6.07) is 5.95. The van der Waals surface area contributed by atoms with Crippen molar-refractivity contribution in [3.8, 4) is 0 Å². The maximum absolute atomic E-state index is 11.3. The molecule has 0 saturated carbocycles. The molecule has 0 aliphatic heterocycles. The van der Waals surface area contributed by atoms with Crippen molar-refractivity contribution >= 4 is 16.9 Å². The summed E-state index contributed by atoms with van der Waals surface area (Å²) < 4.78 is 5.48. The maximum Gasteiger partial charge on any atom is 0.372 e. The number of hydrogen-bond acceptors (Lipinski definition) is 2. The zero-order chi connectivity index (χ0) is 14.2. The lowest BCUT2D eigenvalue weighted by Gasteiger charge is -2.18. The molecule has 3 heteroatoms. The number of carboxylic acid groups (broad SMARTS) is 1. The third kappa shape index (κ3) is 2.50. The van der Waals surface area contributed by atoms with Crippen LogP contribution in [0.5, 0.6) is 0 Å². The van der Waals surface area contributed by atoms with Gasteiger partial charge in [0.25, 0.3) is 0 Å². The fourth-order valence-corrected chi connectivity index (χ4v) is 2.29. The second-order valence-electron chi connectivity index (χ2n) is 5.93. The molecule has 2 rings (SSSR count). The van der Waals surface area contributed by atoms with Crippen LogP contribution in [0.3, 0.4) is 0 Å². The topological polar surface area (TPSA) is 50.4 Å². The molecule has 1 N–H and O–H groups in total. The molecule has 0 bridgehead atoms. The Labute approximate surface area is 113 Å². The lowest BCUT2D eigenvalue weighted by molar-refractivity contribution is 0.0663. The van der Waals surface area contributed by atoms with Gasteiger partial charge in [-0.05, 0) is 29.5 Å². The third-order valence-corrected chi connectivity index (χ3v) is 3.35. The molecule has 102 valence electrons. The van der Waals surface area contributed by atoms with E-state index in [1.807, 2.05) is 19.1 Å². The first-order chi connectivity index (χ1) is 8.84. The Hall–Kier alpha value is -1.77. The molecule has 0 unspecified atom stereocenters. The van der Waals surface area contributed by atoms with Crippen LogP contribution < -0.4 is 0 Å². The quantitative estimate of drug-likeness (QED) is 0.890. The van der Waals surface area contributed by atoms with Gasteiger partial charge in [0.05, 0.1) is 0 Å². The van der Waals surface area contributed by atoms with Gasteiger partial charge in [0.2, 0.25) is 5.76 Å². The number of fused-ring (bicyclic) bond motifs is 1. The molecule has 19 heavy (non-hydrogen) atoms. The van der Waals surface area contributed by atoms with Crippen molar-refractivity contribution < 1.29 is 14.3 Å². The monoisotopic (exact) mass is 260 g/mol. The molecule has 0 fully saturated rings. The summed E-state index contributed by atoms with van der Waals surface area (Å²) in [5.41, 5.74) is 2.71. The molecule has 1 aromatic heterocycles. The highest BCUT2D eigenvalue weighted by Gasteiger charge is 2.21. The van der Waals surface area contributed by atoms with Crippen molar-refractivity contribution in [3.05, 3.63) is 35.1 Å². The Kier molecular flexibility index (Phi) is 3.40. The van der Waals surface area contributed by atoms with Gasteiger partial charge in [0.15, 0.2) is 0 Å². The minimum Gasteiger partial charge on any atom is -0.475 e. The van der Waals surface area contributed by atoms with E-state index in [9.17, 15) is 9.90 Å². The largest absolute Gasteiger partial charge is 0.475 e. The first-order valence-electron chi connectivity index (χ1n) is 6.63. The van der Waals surface area contributed by atoms with Gasteiger partial charge >= 0.3 is 5.97 Å². The number of carboxylic acids is 1. The van der Waals surface area contributed by atoms with E-state index >= 15 is 0 Å². The lowest BCUT2D eigenvalue weighted by atomic mass is 9.86. The molecule has 0 saturated heterocycles. The normalized spacial score (nSPS) is 12.0. The highest BCUT2D eigenvalue weighted by atomic mass is 16.4. The van der Waals surface area contributed by atoms with E-state index in [-0.39, 0.29) is 11.2 Å². The number of furan rings is 1. The van der Waals surface area contributed by atoms with Crippen molar-refractivity contribution in [2.45, 2.75) is 46.0 Å². The highest BCUT2D eigenvalue weighted by Crippen LogP contribution is 2.32. The molecular weight excluding hydrogens is 240 g/mol. The number of benzene rings is 1.